The smallest absolute Gasteiger partial charge is 0.195 e. The topological polar surface area (TPSA) is 85.6 Å². The number of aryl methyl sites for hydroxylation is 2. The van der Waals surface area contributed by atoms with Gasteiger partial charge in [-0.3, -0.25) is 4.99 Å². The summed E-state index contributed by atoms with van der Waals surface area (Å²) in [6.45, 7) is 4.39. The van der Waals surface area contributed by atoms with Gasteiger partial charge >= 0.3 is 0 Å². The molecule has 1 aromatic carbocycles. The van der Waals surface area contributed by atoms with Crippen molar-refractivity contribution in [3.05, 3.63) is 29.8 Å². The van der Waals surface area contributed by atoms with Gasteiger partial charge in [-0.25, -0.2) is 0 Å². The predicted molar refractivity (Wildman–Crippen MR) is 130 cm³/mol. The minimum Gasteiger partial charge on any atom is -0.493 e. The van der Waals surface area contributed by atoms with Crippen molar-refractivity contribution in [2.24, 2.45) is 4.99 Å². The highest BCUT2D eigenvalue weighted by Crippen LogP contribution is 2.30. The lowest BCUT2D eigenvalue weighted by atomic mass is 10.2. The van der Waals surface area contributed by atoms with Gasteiger partial charge in [0.1, 0.15) is 11.6 Å². The van der Waals surface area contributed by atoms with E-state index in [1.54, 1.807) is 14.2 Å². The molecule has 3 rings (SSSR count). The van der Waals surface area contributed by atoms with E-state index in [1.165, 1.54) is 19.3 Å². The Balaban J connectivity index is 0.00000320. The maximum atomic E-state index is 5.64. The number of halogens is 1. The third-order valence-corrected chi connectivity index (χ3v) is 5.01. The third kappa shape index (κ3) is 6.48. The Labute approximate surface area is 195 Å². The van der Waals surface area contributed by atoms with Crippen molar-refractivity contribution in [3.8, 4) is 11.5 Å². The van der Waals surface area contributed by atoms with Crippen molar-refractivity contribution in [1.82, 2.24) is 20.1 Å². The van der Waals surface area contributed by atoms with Crippen LogP contribution in [0.15, 0.2) is 23.2 Å². The van der Waals surface area contributed by atoms with Crippen molar-refractivity contribution in [2.75, 3.05) is 32.6 Å². The monoisotopic (exact) mass is 528 g/mol. The molecule has 0 spiro atoms. The molecule has 8 nitrogen and oxygen atoms in total. The zero-order chi connectivity index (χ0) is 20.5. The van der Waals surface area contributed by atoms with Crippen LogP contribution in [0.2, 0.25) is 0 Å². The van der Waals surface area contributed by atoms with Crippen molar-refractivity contribution < 1.29 is 9.47 Å². The largest absolute Gasteiger partial charge is 0.493 e. The minimum atomic E-state index is 0. The quantitative estimate of drug-likeness (QED) is 0.236. The maximum Gasteiger partial charge on any atom is 0.195 e. The third-order valence-electron chi connectivity index (χ3n) is 5.01. The van der Waals surface area contributed by atoms with Crippen LogP contribution in [0.25, 0.3) is 0 Å². The highest BCUT2D eigenvalue weighted by molar-refractivity contribution is 14.0. The van der Waals surface area contributed by atoms with Gasteiger partial charge in [0.15, 0.2) is 17.5 Å². The van der Waals surface area contributed by atoms with Crippen LogP contribution in [0.4, 0.5) is 5.69 Å². The Morgan fingerprint density at radius 3 is 2.83 bits per heavy atom. The summed E-state index contributed by atoms with van der Waals surface area (Å²) < 4.78 is 13.3. The molecular weight excluding hydrogens is 495 g/mol. The summed E-state index contributed by atoms with van der Waals surface area (Å²) in [6.07, 6.45) is 6.65. The van der Waals surface area contributed by atoms with Gasteiger partial charge in [-0.1, -0.05) is 6.42 Å². The van der Waals surface area contributed by atoms with Crippen LogP contribution in [0, 0.1) is 0 Å². The van der Waals surface area contributed by atoms with Crippen molar-refractivity contribution >= 4 is 35.6 Å². The first kappa shape index (κ1) is 24.2. The molecule has 0 amide bonds. The molecule has 0 saturated carbocycles. The van der Waals surface area contributed by atoms with E-state index in [1.807, 2.05) is 25.1 Å². The summed E-state index contributed by atoms with van der Waals surface area (Å²) in [6, 6.07) is 5.75. The number of anilines is 1. The lowest BCUT2D eigenvalue weighted by Crippen LogP contribution is -2.31. The first-order chi connectivity index (χ1) is 14.2. The number of aromatic nitrogens is 3. The zero-order valence-electron chi connectivity index (χ0n) is 18.1. The van der Waals surface area contributed by atoms with E-state index < -0.39 is 0 Å². The second-order valence-corrected chi connectivity index (χ2v) is 7.02. The van der Waals surface area contributed by atoms with Gasteiger partial charge in [0, 0.05) is 44.7 Å². The number of aliphatic imine (C=N–C) groups is 1. The molecule has 0 aliphatic carbocycles. The van der Waals surface area contributed by atoms with Gasteiger partial charge in [-0.2, -0.15) is 0 Å². The Hall–Kier alpha value is -2.04. The highest BCUT2D eigenvalue weighted by atomic mass is 127. The number of fused-ring (bicyclic) bond motifs is 1. The first-order valence-corrected chi connectivity index (χ1v) is 10.4. The number of hydrogen-bond acceptors (Lipinski definition) is 5. The molecule has 0 fully saturated rings. The average Bonchev–Trinajstić information content (AvgIpc) is 2.96. The van der Waals surface area contributed by atoms with Crippen molar-refractivity contribution in [2.45, 2.75) is 52.0 Å². The number of nitrogens with zero attached hydrogens (tertiary/aromatic N) is 4. The van der Waals surface area contributed by atoms with E-state index in [0.717, 1.165) is 55.6 Å². The summed E-state index contributed by atoms with van der Waals surface area (Å²) in [5.74, 6) is 4.39. The van der Waals surface area contributed by atoms with Gasteiger partial charge in [0.25, 0.3) is 0 Å². The molecule has 1 aromatic heterocycles. The number of methoxy groups -OCH3 is 1. The SMILES string of the molecule is CCOc1cc(NC(=NC)NCCCc2nnc3n2CCCCC3)ccc1OC.I. The molecule has 0 unspecified atom stereocenters. The van der Waals surface area contributed by atoms with E-state index in [0.29, 0.717) is 18.1 Å². The van der Waals surface area contributed by atoms with Gasteiger partial charge in [0.2, 0.25) is 0 Å². The minimum absolute atomic E-state index is 0. The van der Waals surface area contributed by atoms with Crippen LogP contribution >= 0.6 is 24.0 Å². The van der Waals surface area contributed by atoms with Crippen molar-refractivity contribution in [3.63, 3.8) is 0 Å². The summed E-state index contributed by atoms with van der Waals surface area (Å²) >= 11 is 0. The molecule has 2 aromatic rings. The van der Waals surface area contributed by atoms with Gasteiger partial charge in [0.05, 0.1) is 13.7 Å². The molecule has 0 radical (unpaired) electrons. The van der Waals surface area contributed by atoms with Crippen LogP contribution in [0.5, 0.6) is 11.5 Å². The molecule has 0 atom stereocenters. The molecule has 9 heteroatoms. The second kappa shape index (κ2) is 12.6. The first-order valence-electron chi connectivity index (χ1n) is 10.4. The van der Waals surface area contributed by atoms with Crippen molar-refractivity contribution in [1.29, 1.82) is 0 Å². The zero-order valence-corrected chi connectivity index (χ0v) is 20.4. The summed E-state index contributed by atoms with van der Waals surface area (Å²) in [5, 5.41) is 15.4. The van der Waals surface area contributed by atoms with Gasteiger partial charge in [-0.15, -0.1) is 34.2 Å². The van der Waals surface area contributed by atoms with E-state index in [-0.39, 0.29) is 24.0 Å². The lowest BCUT2D eigenvalue weighted by Gasteiger charge is -2.14. The highest BCUT2D eigenvalue weighted by Gasteiger charge is 2.14. The van der Waals surface area contributed by atoms with E-state index in [4.69, 9.17) is 9.47 Å². The number of hydrogen-bond donors (Lipinski definition) is 2. The molecule has 2 N–H and O–H groups in total. The van der Waals surface area contributed by atoms with E-state index >= 15 is 0 Å². The number of guanidine groups is 1. The van der Waals surface area contributed by atoms with Crippen LogP contribution < -0.4 is 20.1 Å². The van der Waals surface area contributed by atoms with E-state index in [2.05, 4.69) is 30.4 Å². The molecule has 166 valence electrons. The standard InChI is InChI=1S/C21H32N6O2.HI/c1-4-29-18-15-16(11-12-17(18)28-3)24-21(22-2)23-13-8-10-20-26-25-19-9-6-5-7-14-27(19)20;/h11-12,15H,4-10,13-14H2,1-3H3,(H2,22,23,24);1H. The normalized spacial score (nSPS) is 13.6. The summed E-state index contributed by atoms with van der Waals surface area (Å²) in [5.41, 5.74) is 0.894. The Morgan fingerprint density at radius 1 is 1.20 bits per heavy atom. The molecule has 1 aliphatic heterocycles. The number of nitrogens with one attached hydrogen (secondary N) is 2. The Bertz CT molecular complexity index is 824. The lowest BCUT2D eigenvalue weighted by molar-refractivity contribution is 0.311. The number of benzene rings is 1. The van der Waals surface area contributed by atoms with Crippen LogP contribution in [-0.4, -0.2) is 48.0 Å². The fourth-order valence-corrected chi connectivity index (χ4v) is 3.52. The van der Waals surface area contributed by atoms with Gasteiger partial charge < -0.3 is 24.7 Å². The molecule has 2 heterocycles. The maximum absolute atomic E-state index is 5.64. The molecule has 30 heavy (non-hydrogen) atoms. The number of rotatable bonds is 8. The summed E-state index contributed by atoms with van der Waals surface area (Å²) in [7, 11) is 3.40. The fourth-order valence-electron chi connectivity index (χ4n) is 3.52. The van der Waals surface area contributed by atoms with Gasteiger partial charge in [-0.05, 0) is 38.3 Å². The molecule has 0 bridgehead atoms. The van der Waals surface area contributed by atoms with E-state index in [9.17, 15) is 0 Å². The molecule has 1 aliphatic rings. The summed E-state index contributed by atoms with van der Waals surface area (Å²) in [4.78, 5) is 4.31. The van der Waals surface area contributed by atoms with Crippen LogP contribution in [0.1, 0.15) is 44.3 Å². The Kier molecular flexibility index (Phi) is 10.2. The predicted octanol–water partition coefficient (Wildman–Crippen LogP) is 3.65. The second-order valence-electron chi connectivity index (χ2n) is 7.02. The molecular formula is C21H33IN6O2. The van der Waals surface area contributed by atoms with Crippen LogP contribution in [-0.2, 0) is 19.4 Å². The average molecular weight is 528 g/mol. The number of ether oxygens (including phenoxy) is 2. The van der Waals surface area contributed by atoms with Crippen LogP contribution in [0.3, 0.4) is 0 Å². The Morgan fingerprint density at radius 2 is 2.07 bits per heavy atom. The molecule has 0 saturated heterocycles. The fraction of sp³-hybridized carbons (Fsp3) is 0.571.